The van der Waals surface area contributed by atoms with Crippen LogP contribution in [0.1, 0.15) is 0 Å². The number of pyridine rings is 1. The molecule has 0 amide bonds. The minimum atomic E-state index is -2.70. The third kappa shape index (κ3) is 4.13. The number of rotatable bonds is 6. The van der Waals surface area contributed by atoms with Gasteiger partial charge in [0, 0.05) is 22.5 Å². The van der Waals surface area contributed by atoms with E-state index >= 15 is 0 Å². The summed E-state index contributed by atoms with van der Waals surface area (Å²) < 4.78 is 2.28. The number of hydrogen-bond acceptors (Lipinski definition) is 1. The fraction of sp³-hybridized carbons (Fsp3) is 0. The van der Waals surface area contributed by atoms with E-state index in [0.29, 0.717) is 0 Å². The van der Waals surface area contributed by atoms with E-state index in [1.165, 1.54) is 37.1 Å². The summed E-state index contributed by atoms with van der Waals surface area (Å²) in [4.78, 5) is 5.12. The molecule has 8 rings (SSSR count). The lowest BCUT2D eigenvalue weighted by molar-refractivity contribution is 1.08. The Morgan fingerprint density at radius 1 is 0.409 bits per heavy atom. The topological polar surface area (TPSA) is 17.8 Å². The van der Waals surface area contributed by atoms with E-state index in [4.69, 9.17) is 4.98 Å². The summed E-state index contributed by atoms with van der Waals surface area (Å²) in [6.45, 7) is 0. The first kappa shape index (κ1) is 26.1. The van der Waals surface area contributed by atoms with E-state index in [1.807, 2.05) is 0 Å². The van der Waals surface area contributed by atoms with E-state index in [1.54, 1.807) is 0 Å². The van der Waals surface area contributed by atoms with Gasteiger partial charge in [0.1, 0.15) is 5.82 Å². The fourth-order valence-corrected chi connectivity index (χ4v) is 11.9. The molecular weight excluding hydrogens is 549 g/mol. The normalized spacial score (nSPS) is 11.6. The Hall–Kier alpha value is -5.51. The number of fused-ring (bicyclic) bond motifs is 3. The molecule has 8 aromatic rings. The van der Waals surface area contributed by atoms with E-state index in [9.17, 15) is 0 Å². The summed E-state index contributed by atoms with van der Waals surface area (Å²) in [5, 5.41) is 7.92. The third-order valence-electron chi connectivity index (χ3n) is 8.82. The van der Waals surface area contributed by atoms with E-state index in [-0.39, 0.29) is 0 Å². The highest BCUT2D eigenvalue weighted by Crippen LogP contribution is 2.31. The van der Waals surface area contributed by atoms with Crippen LogP contribution >= 0.6 is 0 Å². The van der Waals surface area contributed by atoms with Gasteiger partial charge in [-0.2, -0.15) is 0 Å². The van der Waals surface area contributed by atoms with Crippen molar-refractivity contribution in [3.8, 4) is 16.9 Å². The van der Waals surface area contributed by atoms with Crippen molar-refractivity contribution < 1.29 is 0 Å². The first-order chi connectivity index (χ1) is 21.9. The number of hydrogen-bond donors (Lipinski definition) is 0. The molecule has 0 fully saturated rings. The second-order valence-electron chi connectivity index (χ2n) is 11.2. The molecule has 3 heteroatoms. The highest BCUT2D eigenvalue weighted by molar-refractivity contribution is 7.20. The Balaban J connectivity index is 1.36. The standard InChI is InChI=1S/C41H30N2Si/c1-4-16-32(17-5-1)44(33-18-6-2-7-19-33,34-20-8-3-9-21-34)40-27-15-12-22-35(40)31-28-29-41(42-30-31)43-38-25-13-10-23-36(38)37-24-11-14-26-39(37)43/h1-30H. The van der Waals surface area contributed by atoms with Crippen LogP contribution < -0.4 is 20.7 Å². The molecule has 0 aliphatic carbocycles. The summed E-state index contributed by atoms with van der Waals surface area (Å²) in [7, 11) is -2.70. The monoisotopic (exact) mass is 578 g/mol. The molecule has 0 aliphatic heterocycles. The Morgan fingerprint density at radius 3 is 1.36 bits per heavy atom. The lowest BCUT2D eigenvalue weighted by atomic mass is 10.1. The maximum absolute atomic E-state index is 5.12. The zero-order chi connectivity index (χ0) is 29.3. The molecule has 0 saturated carbocycles. The van der Waals surface area contributed by atoms with Gasteiger partial charge in [-0.15, -0.1) is 0 Å². The van der Waals surface area contributed by atoms with Crippen LogP contribution in [0.4, 0.5) is 0 Å². The zero-order valence-corrected chi connectivity index (χ0v) is 25.2. The average Bonchev–Trinajstić information content (AvgIpc) is 3.45. The SMILES string of the molecule is c1ccc([Si](c2ccccc2)(c2ccccc2)c2ccccc2-c2ccc(-n3c4ccccc4c4ccccc43)nc2)cc1. The van der Waals surface area contributed by atoms with Crippen molar-refractivity contribution >= 4 is 50.6 Å². The van der Waals surface area contributed by atoms with Gasteiger partial charge in [0.05, 0.1) is 11.0 Å². The highest BCUT2D eigenvalue weighted by Gasteiger charge is 2.42. The minimum Gasteiger partial charge on any atom is -0.294 e. The Bertz CT molecular complexity index is 2050. The Kier molecular flexibility index (Phi) is 6.51. The van der Waals surface area contributed by atoms with Crippen LogP contribution in [-0.2, 0) is 0 Å². The van der Waals surface area contributed by atoms with Crippen molar-refractivity contribution in [2.45, 2.75) is 0 Å². The molecular formula is C41H30N2Si. The summed E-state index contributed by atoms with van der Waals surface area (Å²) in [6, 6.07) is 63.8. The van der Waals surface area contributed by atoms with Crippen LogP contribution in [0.15, 0.2) is 182 Å². The molecule has 208 valence electrons. The predicted molar refractivity (Wildman–Crippen MR) is 188 cm³/mol. The largest absolute Gasteiger partial charge is 0.294 e. The number of nitrogens with zero attached hydrogens (tertiary/aromatic N) is 2. The van der Waals surface area contributed by atoms with Crippen LogP contribution in [0.3, 0.4) is 0 Å². The van der Waals surface area contributed by atoms with Gasteiger partial charge in [0.2, 0.25) is 0 Å². The van der Waals surface area contributed by atoms with Crippen molar-refractivity contribution in [3.63, 3.8) is 0 Å². The van der Waals surface area contributed by atoms with Gasteiger partial charge in [0.25, 0.3) is 0 Å². The van der Waals surface area contributed by atoms with Crippen molar-refractivity contribution in [2.75, 3.05) is 0 Å². The molecule has 0 atom stereocenters. The average molecular weight is 579 g/mol. The van der Waals surface area contributed by atoms with Gasteiger partial charge in [-0.05, 0) is 50.6 Å². The van der Waals surface area contributed by atoms with Gasteiger partial charge in [0.15, 0.2) is 8.07 Å². The Morgan fingerprint density at radius 2 is 0.864 bits per heavy atom. The molecule has 0 N–H and O–H groups in total. The molecule has 0 saturated heterocycles. The molecule has 2 heterocycles. The van der Waals surface area contributed by atoms with Crippen LogP contribution in [-0.4, -0.2) is 17.6 Å². The molecule has 2 nitrogen and oxygen atoms in total. The number of aromatic nitrogens is 2. The minimum absolute atomic E-state index is 0.918. The van der Waals surface area contributed by atoms with Gasteiger partial charge in [-0.3, -0.25) is 4.57 Å². The van der Waals surface area contributed by atoms with E-state index < -0.39 is 8.07 Å². The smallest absolute Gasteiger partial charge is 0.180 e. The number of para-hydroxylation sites is 2. The second-order valence-corrected chi connectivity index (χ2v) is 14.9. The summed E-state index contributed by atoms with van der Waals surface area (Å²) >= 11 is 0. The quantitative estimate of drug-likeness (QED) is 0.150. The van der Waals surface area contributed by atoms with Gasteiger partial charge in [-0.1, -0.05) is 152 Å². The predicted octanol–water partition coefficient (Wildman–Crippen LogP) is 7.22. The summed E-state index contributed by atoms with van der Waals surface area (Å²) in [5.41, 5.74) is 4.66. The van der Waals surface area contributed by atoms with Crippen LogP contribution in [0.25, 0.3) is 38.8 Å². The summed E-state index contributed by atoms with van der Waals surface area (Å²) in [6.07, 6.45) is 2.05. The van der Waals surface area contributed by atoms with Gasteiger partial charge < -0.3 is 0 Å². The van der Waals surface area contributed by atoms with Crippen LogP contribution in [0.5, 0.6) is 0 Å². The van der Waals surface area contributed by atoms with Gasteiger partial charge in [-0.25, -0.2) is 4.98 Å². The molecule has 0 aliphatic rings. The third-order valence-corrected chi connectivity index (χ3v) is 13.7. The lowest BCUT2D eigenvalue weighted by Crippen LogP contribution is -2.75. The molecule has 0 spiro atoms. The lowest BCUT2D eigenvalue weighted by Gasteiger charge is -2.36. The van der Waals surface area contributed by atoms with Crippen molar-refractivity contribution in [2.24, 2.45) is 0 Å². The Labute approximate surface area is 258 Å². The van der Waals surface area contributed by atoms with E-state index in [0.717, 1.165) is 22.4 Å². The molecule has 0 bridgehead atoms. The van der Waals surface area contributed by atoms with Crippen molar-refractivity contribution in [3.05, 3.63) is 182 Å². The highest BCUT2D eigenvalue weighted by atomic mass is 28.3. The first-order valence-electron chi connectivity index (χ1n) is 15.1. The molecule has 6 aromatic carbocycles. The number of benzene rings is 6. The first-order valence-corrected chi connectivity index (χ1v) is 17.1. The van der Waals surface area contributed by atoms with Crippen molar-refractivity contribution in [1.82, 2.24) is 9.55 Å². The second kappa shape index (κ2) is 11.0. The zero-order valence-electron chi connectivity index (χ0n) is 24.2. The maximum Gasteiger partial charge on any atom is 0.180 e. The van der Waals surface area contributed by atoms with Crippen LogP contribution in [0.2, 0.25) is 0 Å². The molecule has 0 unspecified atom stereocenters. The van der Waals surface area contributed by atoms with Gasteiger partial charge >= 0.3 is 0 Å². The fourth-order valence-electron chi connectivity index (χ4n) is 6.94. The van der Waals surface area contributed by atoms with Crippen LogP contribution in [0, 0.1) is 0 Å². The molecule has 0 radical (unpaired) electrons. The van der Waals surface area contributed by atoms with E-state index in [2.05, 4.69) is 187 Å². The molecule has 2 aromatic heterocycles. The van der Waals surface area contributed by atoms with Crippen molar-refractivity contribution in [1.29, 1.82) is 0 Å². The maximum atomic E-state index is 5.12. The summed E-state index contributed by atoms with van der Waals surface area (Å²) in [5.74, 6) is 0.918. The molecule has 44 heavy (non-hydrogen) atoms.